The summed E-state index contributed by atoms with van der Waals surface area (Å²) in [4.78, 5) is 0. The first-order valence-corrected chi connectivity index (χ1v) is 35.2. The van der Waals surface area contributed by atoms with E-state index in [9.17, 15) is 0 Å². The molecule has 0 saturated heterocycles. The molecule has 476 valence electrons. The number of hydrogen-bond acceptors (Lipinski definition) is 0. The lowest BCUT2D eigenvalue weighted by Crippen LogP contribution is -1.98. The van der Waals surface area contributed by atoms with Crippen molar-refractivity contribution in [2.24, 2.45) is 0 Å². The Kier molecular flexibility index (Phi) is 15.5. The highest BCUT2D eigenvalue weighted by Crippen LogP contribution is 2.54. The second kappa shape index (κ2) is 25.2. The molecule has 0 aromatic heterocycles. The lowest BCUT2D eigenvalue weighted by atomic mass is 9.79. The topological polar surface area (TPSA) is 0 Å². The fourth-order valence-electron chi connectivity index (χ4n) is 16.7. The van der Waals surface area contributed by atoms with Gasteiger partial charge in [0.2, 0.25) is 0 Å². The number of rotatable bonds is 12. The molecule has 0 amide bonds. The Bertz CT molecular complexity index is 5130. The molecule has 0 fully saturated rings. The SMILES string of the molecule is Cc1ccccc1-c1cccc(-c2ccccc2C)c1-c1cc2cc(-c3c(-c4ccccc4C)cccc3-c3ccccc3C)cc3c4cc(-c5c(-c6ccccc6C)cccc5-c5ccccc5C)cc5cc(-c6c(-c7ccccc7C)cccc6-c6ccccc6C)cc(c(c1)c23)c54. The van der Waals surface area contributed by atoms with Crippen LogP contribution in [0, 0.1) is 55.4 Å². The highest BCUT2D eigenvalue weighted by Gasteiger charge is 2.27. The predicted molar refractivity (Wildman–Crippen MR) is 431 cm³/mol. The van der Waals surface area contributed by atoms with E-state index in [2.05, 4.69) is 371 Å². The van der Waals surface area contributed by atoms with Crippen molar-refractivity contribution in [3.63, 3.8) is 0 Å². The van der Waals surface area contributed by atoms with E-state index in [1.54, 1.807) is 0 Å². The van der Waals surface area contributed by atoms with Crippen LogP contribution in [0.15, 0.2) is 315 Å². The molecule has 17 aromatic rings. The maximum atomic E-state index is 2.58. The average Bonchev–Trinajstić information content (AvgIpc) is 0.699. The number of hydrogen-bond donors (Lipinski definition) is 0. The number of benzene rings is 17. The van der Waals surface area contributed by atoms with E-state index in [0.717, 1.165) is 0 Å². The highest BCUT2D eigenvalue weighted by molar-refractivity contribution is 6.36. The van der Waals surface area contributed by atoms with Gasteiger partial charge in [-0.05, 0) is 325 Å². The van der Waals surface area contributed by atoms with Crippen LogP contribution in [0.5, 0.6) is 0 Å². The summed E-state index contributed by atoms with van der Waals surface area (Å²) in [6.45, 7) is 18.1. The third-order valence-electron chi connectivity index (χ3n) is 21.6. The minimum absolute atomic E-state index is 1.17. The molecule has 100 heavy (non-hydrogen) atoms. The quantitative estimate of drug-likeness (QED) is 0.0845. The van der Waals surface area contributed by atoms with Crippen LogP contribution in [0.25, 0.3) is 177 Å². The van der Waals surface area contributed by atoms with Crippen LogP contribution in [-0.2, 0) is 0 Å². The summed E-state index contributed by atoms with van der Waals surface area (Å²) in [5.74, 6) is 0. The molecule has 0 aliphatic carbocycles. The Balaban J connectivity index is 1.11. The van der Waals surface area contributed by atoms with Gasteiger partial charge >= 0.3 is 0 Å². The van der Waals surface area contributed by atoms with Gasteiger partial charge < -0.3 is 0 Å². The summed E-state index contributed by atoms with van der Waals surface area (Å²) >= 11 is 0. The molecule has 0 heteroatoms. The molecule has 0 atom stereocenters. The fraction of sp³-hybridized carbons (Fsp3) is 0.0800. The molecule has 0 bridgehead atoms. The maximum Gasteiger partial charge on any atom is -0.00255 e. The van der Waals surface area contributed by atoms with Crippen molar-refractivity contribution in [3.8, 4) is 134 Å². The molecule has 0 aliphatic rings. The summed E-state index contributed by atoms with van der Waals surface area (Å²) in [5, 5.41) is 9.71. The van der Waals surface area contributed by atoms with Crippen molar-refractivity contribution in [2.45, 2.75) is 55.4 Å². The molecular weight excluding hydrogens is 1200 g/mol. The second-order valence-electron chi connectivity index (χ2n) is 27.7. The molecule has 0 spiro atoms. The van der Waals surface area contributed by atoms with E-state index < -0.39 is 0 Å². The third-order valence-corrected chi connectivity index (χ3v) is 21.6. The van der Waals surface area contributed by atoms with E-state index in [1.807, 2.05) is 0 Å². The number of fused-ring (bicyclic) bond motifs is 2. The monoisotopic (exact) mass is 1280 g/mol. The summed E-state index contributed by atoms with van der Waals surface area (Å²) < 4.78 is 0. The van der Waals surface area contributed by atoms with Gasteiger partial charge in [0.15, 0.2) is 0 Å². The van der Waals surface area contributed by atoms with Crippen molar-refractivity contribution in [3.05, 3.63) is 360 Å². The summed E-state index contributed by atoms with van der Waals surface area (Å²) in [7, 11) is 0. The smallest absolute Gasteiger partial charge is 0.00255 e. The van der Waals surface area contributed by atoms with Crippen molar-refractivity contribution in [1.29, 1.82) is 0 Å². The van der Waals surface area contributed by atoms with Crippen molar-refractivity contribution in [1.82, 2.24) is 0 Å². The normalized spacial score (nSPS) is 11.6. The van der Waals surface area contributed by atoms with Gasteiger partial charge in [-0.2, -0.15) is 0 Å². The fourth-order valence-corrected chi connectivity index (χ4v) is 16.7. The molecule has 0 aliphatic heterocycles. The average molecular weight is 1280 g/mol. The van der Waals surface area contributed by atoms with E-state index >= 15 is 0 Å². The minimum atomic E-state index is 1.17. The summed E-state index contributed by atoms with van der Waals surface area (Å²) in [6, 6.07) is 120. The van der Waals surface area contributed by atoms with Crippen LogP contribution in [0.4, 0.5) is 0 Å². The zero-order valence-electron chi connectivity index (χ0n) is 58.0. The summed E-state index contributed by atoms with van der Waals surface area (Å²) in [5.41, 5.74) is 38.9. The second-order valence-corrected chi connectivity index (χ2v) is 27.7. The van der Waals surface area contributed by atoms with E-state index in [0.29, 0.717) is 0 Å². The maximum absolute atomic E-state index is 2.58. The summed E-state index contributed by atoms with van der Waals surface area (Å²) in [6.07, 6.45) is 0. The molecular formula is C100H76. The zero-order chi connectivity index (χ0) is 67.9. The van der Waals surface area contributed by atoms with Gasteiger partial charge in [0.05, 0.1) is 0 Å². The van der Waals surface area contributed by atoms with Gasteiger partial charge in [-0.25, -0.2) is 0 Å². The van der Waals surface area contributed by atoms with Gasteiger partial charge in [0, 0.05) is 0 Å². The van der Waals surface area contributed by atoms with Crippen LogP contribution in [0.2, 0.25) is 0 Å². The molecule has 17 rings (SSSR count). The molecule has 0 radical (unpaired) electrons. The van der Waals surface area contributed by atoms with E-state index in [1.165, 1.54) is 221 Å². The van der Waals surface area contributed by atoms with Crippen LogP contribution in [0.3, 0.4) is 0 Å². The largest absolute Gasteiger partial charge is 0.0620 e. The Morgan fingerprint density at radius 1 is 0.140 bits per heavy atom. The van der Waals surface area contributed by atoms with Crippen LogP contribution in [-0.4, -0.2) is 0 Å². The predicted octanol–water partition coefficient (Wildman–Crippen LogP) is 28.2. The van der Waals surface area contributed by atoms with E-state index in [4.69, 9.17) is 0 Å². The highest BCUT2D eigenvalue weighted by atomic mass is 14.3. The Morgan fingerprint density at radius 3 is 0.430 bits per heavy atom. The molecule has 0 unspecified atom stereocenters. The van der Waals surface area contributed by atoms with Crippen LogP contribution < -0.4 is 0 Å². The standard InChI is InChI=1S/C100H76/c1-61-29-9-17-37-75(61)83-45-25-46-84(76-38-18-10-30-62(76)2)95(83)71-53-69-54-72(96-85(77-39-19-11-31-63(77)3)47-26-48-86(96)78-40-20-12-32-64(78)4)59-93-94-60-74(98-89(81-43-23-15-35-67(81)7)51-28-52-90(98)82-44-24-16-36-68(82)8)56-70-55-73(58-92(100(70)94)91(57-71)99(69)93)97-87(79-41-21-13-33-65(79)5)49-27-50-88(97)80-42-22-14-34-66(80)6/h9-60H,1-8H3. The van der Waals surface area contributed by atoms with Gasteiger partial charge in [0.25, 0.3) is 0 Å². The first-order valence-electron chi connectivity index (χ1n) is 35.2. The zero-order valence-corrected chi connectivity index (χ0v) is 58.0. The Morgan fingerprint density at radius 2 is 0.280 bits per heavy atom. The Hall–Kier alpha value is -12.0. The van der Waals surface area contributed by atoms with E-state index in [-0.39, 0.29) is 0 Å². The minimum Gasteiger partial charge on any atom is -0.0620 e. The Labute approximate surface area is 588 Å². The van der Waals surface area contributed by atoms with Gasteiger partial charge in [-0.3, -0.25) is 0 Å². The number of aryl methyl sites for hydroxylation is 8. The molecule has 0 saturated carbocycles. The molecule has 0 N–H and O–H groups in total. The molecule has 17 aromatic carbocycles. The van der Waals surface area contributed by atoms with Crippen molar-refractivity contribution < 1.29 is 0 Å². The first-order chi connectivity index (χ1) is 48.9. The third kappa shape index (κ3) is 10.4. The van der Waals surface area contributed by atoms with Crippen molar-refractivity contribution in [2.75, 3.05) is 0 Å². The van der Waals surface area contributed by atoms with Crippen LogP contribution in [0.1, 0.15) is 44.5 Å². The lowest BCUT2D eigenvalue weighted by Gasteiger charge is -2.24. The van der Waals surface area contributed by atoms with Crippen molar-refractivity contribution >= 4 is 43.1 Å². The van der Waals surface area contributed by atoms with Gasteiger partial charge in [0.1, 0.15) is 0 Å². The van der Waals surface area contributed by atoms with Gasteiger partial charge in [-0.15, -0.1) is 0 Å². The first kappa shape index (κ1) is 61.6. The molecule has 0 heterocycles. The lowest BCUT2D eigenvalue weighted by molar-refractivity contribution is 1.44. The molecule has 0 nitrogen and oxygen atoms in total. The van der Waals surface area contributed by atoms with Crippen LogP contribution >= 0.6 is 0 Å². The van der Waals surface area contributed by atoms with Gasteiger partial charge in [-0.1, -0.05) is 267 Å².